The second kappa shape index (κ2) is 9.08. The first-order chi connectivity index (χ1) is 16.2. The first kappa shape index (κ1) is 23.1. The standard InChI is InChI=1S/C23H24F2N6O3/c1-13-7-6-8-17(31-23(32)30(4)27-28-31)16(13)12-34-18-10-9-15(11-14(18)2)20-19(21(24)25)22(33-5)29(3)26-20/h6-11,21H,12H2,1-5H3. The van der Waals surface area contributed by atoms with Crippen molar-refractivity contribution in [2.45, 2.75) is 26.9 Å². The molecule has 0 aliphatic carbocycles. The van der Waals surface area contributed by atoms with Crippen molar-refractivity contribution < 1.29 is 18.3 Å². The highest BCUT2D eigenvalue weighted by Crippen LogP contribution is 2.38. The molecular formula is C23H24F2N6O3. The number of methoxy groups -OCH3 is 1. The topological polar surface area (TPSA) is 89.0 Å². The van der Waals surface area contributed by atoms with E-state index in [0.29, 0.717) is 17.0 Å². The molecule has 0 fully saturated rings. The van der Waals surface area contributed by atoms with Crippen molar-refractivity contribution in [2.75, 3.05) is 7.11 Å². The second-order valence-electron chi connectivity index (χ2n) is 7.83. The molecule has 9 nitrogen and oxygen atoms in total. The zero-order chi connectivity index (χ0) is 24.6. The van der Waals surface area contributed by atoms with Gasteiger partial charge in [0, 0.05) is 25.2 Å². The minimum Gasteiger partial charge on any atom is -0.489 e. The summed E-state index contributed by atoms with van der Waals surface area (Å²) in [6.07, 6.45) is -2.74. The quantitative estimate of drug-likeness (QED) is 0.411. The number of halogens is 2. The van der Waals surface area contributed by atoms with Gasteiger partial charge in [-0.3, -0.25) is 0 Å². The van der Waals surface area contributed by atoms with Crippen LogP contribution in [0.1, 0.15) is 28.7 Å². The lowest BCUT2D eigenvalue weighted by atomic mass is 10.0. The molecule has 4 rings (SSSR count). The minimum absolute atomic E-state index is 0.0225. The van der Waals surface area contributed by atoms with E-state index >= 15 is 0 Å². The van der Waals surface area contributed by atoms with Gasteiger partial charge in [0.25, 0.3) is 6.43 Å². The Kier molecular flexibility index (Phi) is 6.18. The van der Waals surface area contributed by atoms with Gasteiger partial charge < -0.3 is 9.47 Å². The maximum absolute atomic E-state index is 13.7. The molecule has 2 heterocycles. The Labute approximate surface area is 194 Å². The Morgan fingerprint density at radius 3 is 2.41 bits per heavy atom. The van der Waals surface area contributed by atoms with Crippen LogP contribution in [0.2, 0.25) is 0 Å². The van der Waals surface area contributed by atoms with Crippen LogP contribution in [-0.2, 0) is 20.7 Å². The summed E-state index contributed by atoms with van der Waals surface area (Å²) in [6.45, 7) is 3.91. The van der Waals surface area contributed by atoms with Gasteiger partial charge in [0.1, 0.15) is 23.6 Å². The molecule has 0 aliphatic rings. The van der Waals surface area contributed by atoms with Crippen LogP contribution in [0.25, 0.3) is 16.9 Å². The molecule has 11 heteroatoms. The van der Waals surface area contributed by atoms with E-state index in [1.807, 2.05) is 26.0 Å². The molecule has 0 aliphatic heterocycles. The highest BCUT2D eigenvalue weighted by molar-refractivity contribution is 5.68. The first-order valence-corrected chi connectivity index (χ1v) is 10.4. The van der Waals surface area contributed by atoms with E-state index in [2.05, 4.69) is 15.5 Å². The molecule has 34 heavy (non-hydrogen) atoms. The number of hydrogen-bond donors (Lipinski definition) is 0. The molecule has 4 aromatic rings. The van der Waals surface area contributed by atoms with Crippen molar-refractivity contribution in [3.05, 3.63) is 69.1 Å². The molecule has 178 valence electrons. The van der Waals surface area contributed by atoms with Crippen LogP contribution in [0.3, 0.4) is 0 Å². The van der Waals surface area contributed by atoms with Crippen molar-refractivity contribution in [1.82, 2.24) is 29.6 Å². The Morgan fingerprint density at radius 1 is 1.03 bits per heavy atom. The summed E-state index contributed by atoms with van der Waals surface area (Å²) >= 11 is 0. The molecular weight excluding hydrogens is 446 g/mol. The molecule has 2 aromatic heterocycles. The largest absolute Gasteiger partial charge is 0.489 e. The summed E-state index contributed by atoms with van der Waals surface area (Å²) in [5.41, 5.74) is 3.09. The van der Waals surface area contributed by atoms with Crippen molar-refractivity contribution in [1.29, 1.82) is 0 Å². The van der Waals surface area contributed by atoms with Gasteiger partial charge in [-0.05, 0) is 59.7 Å². The predicted molar refractivity (Wildman–Crippen MR) is 121 cm³/mol. The number of aromatic nitrogens is 6. The van der Waals surface area contributed by atoms with E-state index in [1.54, 1.807) is 31.3 Å². The van der Waals surface area contributed by atoms with Gasteiger partial charge in [-0.1, -0.05) is 12.1 Å². The number of rotatable bonds is 7. The highest BCUT2D eigenvalue weighted by Gasteiger charge is 2.26. The number of benzene rings is 2. The molecule has 0 spiro atoms. The third-order valence-corrected chi connectivity index (χ3v) is 5.60. The summed E-state index contributed by atoms with van der Waals surface area (Å²) in [6, 6.07) is 10.7. The van der Waals surface area contributed by atoms with Crippen LogP contribution in [0.15, 0.2) is 41.2 Å². The van der Waals surface area contributed by atoms with E-state index in [9.17, 15) is 13.6 Å². The van der Waals surface area contributed by atoms with Crippen LogP contribution in [0, 0.1) is 13.8 Å². The first-order valence-electron chi connectivity index (χ1n) is 10.4. The summed E-state index contributed by atoms with van der Waals surface area (Å²) in [7, 11) is 4.42. The van der Waals surface area contributed by atoms with Crippen LogP contribution < -0.4 is 15.2 Å². The maximum atomic E-state index is 13.7. The third-order valence-electron chi connectivity index (χ3n) is 5.60. The van der Waals surface area contributed by atoms with Crippen molar-refractivity contribution >= 4 is 0 Å². The zero-order valence-corrected chi connectivity index (χ0v) is 19.4. The second-order valence-corrected chi connectivity index (χ2v) is 7.83. The lowest BCUT2D eigenvalue weighted by Crippen LogP contribution is -2.23. The molecule has 0 saturated carbocycles. The zero-order valence-electron chi connectivity index (χ0n) is 19.4. The number of tetrazole rings is 1. The summed E-state index contributed by atoms with van der Waals surface area (Å²) in [5.74, 6) is 0.597. The Hall–Kier alpha value is -4.02. The fourth-order valence-corrected chi connectivity index (χ4v) is 3.82. The fourth-order valence-electron chi connectivity index (χ4n) is 3.82. The number of hydrogen-bond acceptors (Lipinski definition) is 6. The van der Waals surface area contributed by atoms with Gasteiger partial charge in [-0.15, -0.1) is 0 Å². The average molecular weight is 470 g/mol. The van der Waals surface area contributed by atoms with E-state index in [0.717, 1.165) is 21.4 Å². The Bertz CT molecular complexity index is 1410. The van der Waals surface area contributed by atoms with Gasteiger partial charge in [-0.2, -0.15) is 14.5 Å². The van der Waals surface area contributed by atoms with E-state index in [1.165, 1.54) is 23.5 Å². The smallest absolute Gasteiger partial charge is 0.368 e. The minimum atomic E-state index is -2.74. The van der Waals surface area contributed by atoms with Crippen LogP contribution in [0.4, 0.5) is 8.78 Å². The number of alkyl halides is 2. The van der Waals surface area contributed by atoms with Gasteiger partial charge in [-0.25, -0.2) is 18.3 Å². The van der Waals surface area contributed by atoms with Crippen molar-refractivity contribution in [3.8, 4) is 28.6 Å². The molecule has 0 radical (unpaired) electrons. The van der Waals surface area contributed by atoms with E-state index in [4.69, 9.17) is 9.47 Å². The maximum Gasteiger partial charge on any atom is 0.368 e. The lowest BCUT2D eigenvalue weighted by molar-refractivity contribution is 0.147. The lowest BCUT2D eigenvalue weighted by Gasteiger charge is -2.15. The molecule has 0 saturated heterocycles. The highest BCUT2D eigenvalue weighted by atomic mass is 19.3. The predicted octanol–water partition coefficient (Wildman–Crippen LogP) is 3.51. The summed E-state index contributed by atoms with van der Waals surface area (Å²) in [5, 5.41) is 11.9. The van der Waals surface area contributed by atoms with Gasteiger partial charge >= 0.3 is 5.69 Å². The van der Waals surface area contributed by atoms with E-state index in [-0.39, 0.29) is 29.4 Å². The number of aryl methyl sites for hydroxylation is 4. The van der Waals surface area contributed by atoms with Crippen LogP contribution in [-0.4, -0.2) is 36.7 Å². The number of ether oxygens (including phenoxy) is 2. The normalized spacial score (nSPS) is 11.3. The molecule has 0 unspecified atom stereocenters. The van der Waals surface area contributed by atoms with E-state index < -0.39 is 6.43 Å². The molecule has 0 bridgehead atoms. The fraction of sp³-hybridized carbons (Fsp3) is 0.304. The molecule has 0 atom stereocenters. The molecule has 0 N–H and O–H groups in total. The van der Waals surface area contributed by atoms with Crippen molar-refractivity contribution in [3.63, 3.8) is 0 Å². The molecule has 0 amide bonds. The van der Waals surface area contributed by atoms with Crippen LogP contribution in [0.5, 0.6) is 11.6 Å². The van der Waals surface area contributed by atoms with Crippen LogP contribution >= 0.6 is 0 Å². The third kappa shape index (κ3) is 4.04. The summed E-state index contributed by atoms with van der Waals surface area (Å²) < 4.78 is 42.3. The Morgan fingerprint density at radius 2 is 1.79 bits per heavy atom. The van der Waals surface area contributed by atoms with Gasteiger partial charge in [0.05, 0.1) is 12.8 Å². The number of nitrogens with zero attached hydrogens (tertiary/aromatic N) is 6. The van der Waals surface area contributed by atoms with Gasteiger partial charge in [0.2, 0.25) is 5.88 Å². The van der Waals surface area contributed by atoms with Gasteiger partial charge in [0.15, 0.2) is 0 Å². The monoisotopic (exact) mass is 470 g/mol. The molecule has 2 aromatic carbocycles. The Balaban J connectivity index is 1.64. The average Bonchev–Trinajstić information content (AvgIpc) is 3.32. The SMILES string of the molecule is COc1c(C(F)F)c(-c2ccc(OCc3c(C)cccc3-n3nnn(C)c3=O)c(C)c2)nn1C. The summed E-state index contributed by atoms with van der Waals surface area (Å²) in [4.78, 5) is 12.3. The van der Waals surface area contributed by atoms with Crippen molar-refractivity contribution in [2.24, 2.45) is 14.1 Å².